The molecule has 0 bridgehead atoms. The van der Waals surface area contributed by atoms with Crippen LogP contribution in [-0.2, 0) is 4.79 Å². The molecule has 0 aromatic heterocycles. The molecule has 17 heavy (non-hydrogen) atoms. The third kappa shape index (κ3) is 2.54. The molecule has 3 nitrogen and oxygen atoms in total. The Morgan fingerprint density at radius 3 is 2.65 bits per heavy atom. The van der Waals surface area contributed by atoms with E-state index in [2.05, 4.69) is 5.32 Å². The van der Waals surface area contributed by atoms with Crippen molar-refractivity contribution in [2.75, 3.05) is 11.1 Å². The van der Waals surface area contributed by atoms with Gasteiger partial charge in [-0.05, 0) is 30.7 Å². The van der Waals surface area contributed by atoms with Crippen molar-refractivity contribution in [3.63, 3.8) is 0 Å². The molecule has 1 aromatic carbocycles. The van der Waals surface area contributed by atoms with E-state index in [9.17, 15) is 14.3 Å². The number of aliphatic carboxylic acids is 1. The molecule has 0 amide bonds. The lowest BCUT2D eigenvalue weighted by molar-refractivity contribution is -0.141. The number of carboxylic acid groups (broad SMARTS) is 1. The molecule has 1 aromatic rings. The van der Waals surface area contributed by atoms with Crippen LogP contribution in [0.3, 0.4) is 0 Å². The Bertz CT molecular complexity index is 423. The summed E-state index contributed by atoms with van der Waals surface area (Å²) in [5.41, 5.74) is -0.287. The maximum Gasteiger partial charge on any atom is 0.330 e. The first-order chi connectivity index (χ1) is 8.02. The molecule has 2 N–H and O–H groups in total. The topological polar surface area (TPSA) is 49.3 Å². The number of hydrogen-bond donors (Lipinski definition) is 2. The summed E-state index contributed by atoms with van der Waals surface area (Å²) in [6.45, 7) is 2.02. The van der Waals surface area contributed by atoms with E-state index >= 15 is 0 Å². The summed E-state index contributed by atoms with van der Waals surface area (Å²) in [6.07, 6.45) is 0.574. The van der Waals surface area contributed by atoms with Crippen LogP contribution in [0.5, 0.6) is 0 Å². The van der Waals surface area contributed by atoms with Gasteiger partial charge >= 0.3 is 5.97 Å². The largest absolute Gasteiger partial charge is 0.479 e. The molecule has 0 spiro atoms. The molecule has 1 heterocycles. The number of benzene rings is 1. The fourth-order valence-corrected chi connectivity index (χ4v) is 3.28. The number of nitrogens with one attached hydrogen (secondary N) is 1. The first-order valence-corrected chi connectivity index (χ1v) is 6.45. The van der Waals surface area contributed by atoms with E-state index in [-0.39, 0.29) is 5.82 Å². The van der Waals surface area contributed by atoms with Gasteiger partial charge in [-0.25, -0.2) is 9.18 Å². The van der Waals surface area contributed by atoms with Crippen molar-refractivity contribution in [3.05, 3.63) is 30.1 Å². The number of rotatable bonds is 3. The average Bonchev–Trinajstić information content (AvgIpc) is 2.65. The molecule has 2 unspecified atom stereocenters. The van der Waals surface area contributed by atoms with E-state index in [0.29, 0.717) is 23.1 Å². The molecule has 1 aliphatic rings. The highest BCUT2D eigenvalue weighted by molar-refractivity contribution is 8.00. The molecule has 92 valence electrons. The number of thioether (sulfide) groups is 1. The summed E-state index contributed by atoms with van der Waals surface area (Å²) in [5, 5.41) is 12.7. The molecule has 0 radical (unpaired) electrons. The second-order valence-corrected chi connectivity index (χ2v) is 5.77. The molecule has 5 heteroatoms. The Morgan fingerprint density at radius 1 is 1.53 bits per heavy atom. The second kappa shape index (κ2) is 4.56. The molecular formula is C12H14FNO2S. The molecule has 2 rings (SSSR count). The average molecular weight is 255 g/mol. The SMILES string of the molecule is CC1CC(Nc2ccc(F)cc2)(C(=O)O)CS1. The van der Waals surface area contributed by atoms with Gasteiger partial charge in [0.15, 0.2) is 0 Å². The minimum Gasteiger partial charge on any atom is -0.479 e. The maximum atomic E-state index is 12.8. The summed E-state index contributed by atoms with van der Waals surface area (Å²) in [5.74, 6) is -0.645. The lowest BCUT2D eigenvalue weighted by atomic mass is 9.96. The Labute approximate surface area is 103 Å². The summed E-state index contributed by atoms with van der Waals surface area (Å²) in [4.78, 5) is 11.4. The van der Waals surface area contributed by atoms with Crippen molar-refractivity contribution >= 4 is 23.4 Å². The van der Waals surface area contributed by atoms with Gasteiger partial charge < -0.3 is 10.4 Å². The monoisotopic (exact) mass is 255 g/mol. The Kier molecular flexibility index (Phi) is 3.28. The minimum absolute atomic E-state index is 0.319. The number of carbonyl (C=O) groups is 1. The van der Waals surface area contributed by atoms with Crippen LogP contribution in [0.1, 0.15) is 13.3 Å². The number of anilines is 1. The zero-order chi connectivity index (χ0) is 12.5. The van der Waals surface area contributed by atoms with Gasteiger partial charge in [0, 0.05) is 16.7 Å². The van der Waals surface area contributed by atoms with Crippen LogP contribution in [0.15, 0.2) is 24.3 Å². The smallest absolute Gasteiger partial charge is 0.330 e. The van der Waals surface area contributed by atoms with Crippen LogP contribution in [0.4, 0.5) is 10.1 Å². The normalized spacial score (nSPS) is 28.0. The predicted molar refractivity (Wildman–Crippen MR) is 66.9 cm³/mol. The lowest BCUT2D eigenvalue weighted by Crippen LogP contribution is -2.46. The van der Waals surface area contributed by atoms with Crippen LogP contribution >= 0.6 is 11.8 Å². The highest BCUT2D eigenvalue weighted by atomic mass is 32.2. The van der Waals surface area contributed by atoms with Gasteiger partial charge in [0.25, 0.3) is 0 Å². The van der Waals surface area contributed by atoms with Crippen LogP contribution in [0.25, 0.3) is 0 Å². The summed E-state index contributed by atoms with van der Waals surface area (Å²) in [6, 6.07) is 5.77. The van der Waals surface area contributed by atoms with E-state index in [4.69, 9.17) is 0 Å². The number of hydrogen-bond acceptors (Lipinski definition) is 3. The Hall–Kier alpha value is -1.23. The van der Waals surface area contributed by atoms with Gasteiger partial charge in [0.1, 0.15) is 11.4 Å². The lowest BCUT2D eigenvalue weighted by Gasteiger charge is -2.26. The van der Waals surface area contributed by atoms with Gasteiger partial charge in [-0.15, -0.1) is 0 Å². The van der Waals surface area contributed by atoms with E-state index in [0.717, 1.165) is 0 Å². The quantitative estimate of drug-likeness (QED) is 0.871. The number of carboxylic acids is 1. The maximum absolute atomic E-state index is 12.8. The van der Waals surface area contributed by atoms with E-state index in [1.165, 1.54) is 12.1 Å². The molecule has 1 fully saturated rings. The van der Waals surface area contributed by atoms with Gasteiger partial charge in [-0.3, -0.25) is 0 Å². The van der Waals surface area contributed by atoms with E-state index in [1.54, 1.807) is 23.9 Å². The summed E-state index contributed by atoms with van der Waals surface area (Å²) in [7, 11) is 0. The fraction of sp³-hybridized carbons (Fsp3) is 0.417. The van der Waals surface area contributed by atoms with Crippen molar-refractivity contribution in [1.29, 1.82) is 0 Å². The third-order valence-electron chi connectivity index (χ3n) is 2.89. The first-order valence-electron chi connectivity index (χ1n) is 5.41. The van der Waals surface area contributed by atoms with Crippen LogP contribution in [0.2, 0.25) is 0 Å². The highest BCUT2D eigenvalue weighted by Gasteiger charge is 2.44. The van der Waals surface area contributed by atoms with Gasteiger partial charge in [0.2, 0.25) is 0 Å². The molecular weight excluding hydrogens is 241 g/mol. The predicted octanol–water partition coefficient (Wildman–Crippen LogP) is 2.59. The molecule has 0 saturated carbocycles. The molecule has 1 aliphatic heterocycles. The standard InChI is InChI=1S/C12H14FNO2S/c1-8-6-12(7-17-8,11(15)16)14-10-4-2-9(13)3-5-10/h2-5,8,14H,6-7H2,1H3,(H,15,16). The summed E-state index contributed by atoms with van der Waals surface area (Å²) < 4.78 is 12.8. The summed E-state index contributed by atoms with van der Waals surface area (Å²) >= 11 is 1.64. The van der Waals surface area contributed by atoms with Crippen LogP contribution in [0, 0.1) is 5.82 Å². The fourth-order valence-electron chi connectivity index (χ4n) is 1.99. The molecule has 1 saturated heterocycles. The zero-order valence-corrected chi connectivity index (χ0v) is 10.3. The van der Waals surface area contributed by atoms with Crippen molar-refractivity contribution in [1.82, 2.24) is 0 Å². The second-order valence-electron chi connectivity index (χ2n) is 4.34. The molecule has 0 aliphatic carbocycles. The number of halogens is 1. The Morgan fingerprint density at radius 2 is 2.18 bits per heavy atom. The van der Waals surface area contributed by atoms with Crippen molar-refractivity contribution in [2.45, 2.75) is 24.1 Å². The zero-order valence-electron chi connectivity index (χ0n) is 9.44. The molecule has 2 atom stereocenters. The van der Waals surface area contributed by atoms with Crippen molar-refractivity contribution in [2.24, 2.45) is 0 Å². The minimum atomic E-state index is -0.929. The van der Waals surface area contributed by atoms with Gasteiger partial charge in [-0.2, -0.15) is 11.8 Å². The Balaban J connectivity index is 2.19. The first kappa shape index (κ1) is 12.2. The van der Waals surface area contributed by atoms with Crippen LogP contribution in [-0.4, -0.2) is 27.6 Å². The van der Waals surface area contributed by atoms with Crippen LogP contribution < -0.4 is 5.32 Å². The van der Waals surface area contributed by atoms with Crippen molar-refractivity contribution in [3.8, 4) is 0 Å². The van der Waals surface area contributed by atoms with E-state index in [1.807, 2.05) is 6.92 Å². The van der Waals surface area contributed by atoms with Crippen molar-refractivity contribution < 1.29 is 14.3 Å². The van der Waals surface area contributed by atoms with Gasteiger partial charge in [0.05, 0.1) is 0 Å². The third-order valence-corrected chi connectivity index (χ3v) is 4.28. The highest BCUT2D eigenvalue weighted by Crippen LogP contribution is 2.37. The van der Waals surface area contributed by atoms with Gasteiger partial charge in [-0.1, -0.05) is 6.92 Å². The van der Waals surface area contributed by atoms with E-state index < -0.39 is 11.5 Å².